The molecule has 1 aliphatic heterocycles. The van der Waals surface area contributed by atoms with Crippen LogP contribution in [0, 0.1) is 0 Å². The Morgan fingerprint density at radius 3 is 2.28 bits per heavy atom. The molecule has 1 atom stereocenters. The van der Waals surface area contributed by atoms with Crippen molar-refractivity contribution >= 4 is 61.5 Å². The van der Waals surface area contributed by atoms with Gasteiger partial charge in [-0.25, -0.2) is 8.42 Å². The Kier molecular flexibility index (Phi) is 9.59. The predicted octanol–water partition coefficient (Wildman–Crippen LogP) is 6.60. The second-order valence-electron chi connectivity index (χ2n) is 10.5. The number of halogens is 2. The molecule has 224 valence electrons. The number of hydrogen-bond acceptors (Lipinski definition) is 4. The normalized spacial score (nSPS) is 14.1. The Balaban J connectivity index is 1.42. The van der Waals surface area contributed by atoms with Crippen molar-refractivity contribution in [1.82, 2.24) is 10.2 Å². The van der Waals surface area contributed by atoms with Crippen LogP contribution in [0.15, 0.2) is 89.8 Å². The van der Waals surface area contributed by atoms with Gasteiger partial charge in [0.15, 0.2) is 0 Å². The molecule has 5 rings (SSSR count). The summed E-state index contributed by atoms with van der Waals surface area (Å²) in [6.45, 7) is 2.58. The van der Waals surface area contributed by atoms with Crippen molar-refractivity contribution in [2.75, 3.05) is 17.4 Å². The SMILES string of the molecule is CCCNC(=O)[C@H](Cc1ccccc1)N(Cc1c(Cl)cccc1Cl)C(=O)CCCN1c2cccc3cccc(c23)S1(=O)=O. The van der Waals surface area contributed by atoms with E-state index in [0.29, 0.717) is 39.6 Å². The van der Waals surface area contributed by atoms with Crippen LogP contribution in [0.5, 0.6) is 0 Å². The first-order valence-corrected chi connectivity index (χ1v) is 16.5. The average molecular weight is 639 g/mol. The van der Waals surface area contributed by atoms with Crippen molar-refractivity contribution in [3.63, 3.8) is 0 Å². The van der Waals surface area contributed by atoms with Crippen LogP contribution in [-0.4, -0.2) is 44.3 Å². The Morgan fingerprint density at radius 2 is 1.58 bits per heavy atom. The number of carbonyl (C=O) groups is 2. The first-order chi connectivity index (χ1) is 20.7. The van der Waals surface area contributed by atoms with Gasteiger partial charge in [0.2, 0.25) is 11.8 Å². The van der Waals surface area contributed by atoms with Crippen LogP contribution in [0.25, 0.3) is 10.8 Å². The Hall–Kier alpha value is -3.59. The molecule has 0 bridgehead atoms. The highest BCUT2D eigenvalue weighted by atomic mass is 35.5. The zero-order chi connectivity index (χ0) is 30.6. The Labute approximate surface area is 262 Å². The summed E-state index contributed by atoms with van der Waals surface area (Å²) in [6.07, 6.45) is 1.31. The summed E-state index contributed by atoms with van der Waals surface area (Å²) in [5, 5.41) is 5.28. The van der Waals surface area contributed by atoms with Gasteiger partial charge >= 0.3 is 0 Å². The first kappa shape index (κ1) is 30.9. The van der Waals surface area contributed by atoms with Crippen LogP contribution >= 0.6 is 23.2 Å². The Bertz CT molecular complexity index is 1720. The lowest BCUT2D eigenvalue weighted by atomic mass is 10.0. The smallest absolute Gasteiger partial charge is 0.265 e. The highest BCUT2D eigenvalue weighted by Gasteiger charge is 2.36. The number of carbonyl (C=O) groups excluding carboxylic acids is 2. The summed E-state index contributed by atoms with van der Waals surface area (Å²) in [5.41, 5.74) is 2.06. The molecule has 7 nitrogen and oxygen atoms in total. The van der Waals surface area contributed by atoms with E-state index in [1.807, 2.05) is 55.5 Å². The molecule has 4 aromatic rings. The quantitative estimate of drug-likeness (QED) is 0.190. The molecule has 0 spiro atoms. The third-order valence-corrected chi connectivity index (χ3v) is 10.2. The lowest BCUT2D eigenvalue weighted by molar-refractivity contribution is -0.141. The number of sulfonamides is 1. The molecule has 1 N–H and O–H groups in total. The number of anilines is 1. The van der Waals surface area contributed by atoms with Crippen molar-refractivity contribution in [2.24, 2.45) is 0 Å². The van der Waals surface area contributed by atoms with Crippen LogP contribution in [0.1, 0.15) is 37.3 Å². The minimum atomic E-state index is -3.75. The minimum Gasteiger partial charge on any atom is -0.354 e. The highest BCUT2D eigenvalue weighted by molar-refractivity contribution is 7.93. The molecule has 0 unspecified atom stereocenters. The van der Waals surface area contributed by atoms with Gasteiger partial charge in [0, 0.05) is 53.5 Å². The largest absolute Gasteiger partial charge is 0.354 e. The minimum absolute atomic E-state index is 0.0206. The van der Waals surface area contributed by atoms with Crippen LogP contribution < -0.4 is 9.62 Å². The van der Waals surface area contributed by atoms with Crippen molar-refractivity contribution in [1.29, 1.82) is 0 Å². The van der Waals surface area contributed by atoms with Crippen LogP contribution in [0.3, 0.4) is 0 Å². The van der Waals surface area contributed by atoms with Gasteiger partial charge in [-0.1, -0.05) is 90.8 Å². The lowest BCUT2D eigenvalue weighted by Crippen LogP contribution is -2.50. The second kappa shape index (κ2) is 13.4. The van der Waals surface area contributed by atoms with Gasteiger partial charge in [0.05, 0.1) is 10.6 Å². The maximum atomic E-state index is 14.0. The van der Waals surface area contributed by atoms with Crippen molar-refractivity contribution in [3.8, 4) is 0 Å². The molecule has 10 heteroatoms. The van der Waals surface area contributed by atoms with E-state index in [1.165, 1.54) is 9.21 Å². The lowest BCUT2D eigenvalue weighted by Gasteiger charge is -2.32. The number of nitrogens with zero attached hydrogens (tertiary/aromatic N) is 2. The molecule has 0 aliphatic carbocycles. The molecule has 4 aromatic carbocycles. The molecule has 1 heterocycles. The number of benzene rings is 4. The maximum absolute atomic E-state index is 14.0. The highest BCUT2D eigenvalue weighted by Crippen LogP contribution is 2.42. The summed E-state index contributed by atoms with van der Waals surface area (Å²) in [4.78, 5) is 29.4. The van der Waals surface area contributed by atoms with Gasteiger partial charge in [-0.2, -0.15) is 0 Å². The second-order valence-corrected chi connectivity index (χ2v) is 13.2. The van der Waals surface area contributed by atoms with E-state index in [4.69, 9.17) is 23.2 Å². The van der Waals surface area contributed by atoms with Gasteiger partial charge in [-0.3, -0.25) is 13.9 Å². The van der Waals surface area contributed by atoms with Crippen LogP contribution in [0.2, 0.25) is 10.0 Å². The fourth-order valence-corrected chi connectivity index (χ4v) is 7.76. The molecule has 2 amide bonds. The molecule has 0 saturated carbocycles. The van der Waals surface area contributed by atoms with Gasteiger partial charge < -0.3 is 10.2 Å². The van der Waals surface area contributed by atoms with Gasteiger partial charge in [0.1, 0.15) is 6.04 Å². The standard InChI is InChI=1S/C33H33Cl2N3O4S/c1-2-19-36-33(40)29(21-23-10-4-3-5-11-23)37(22-25-26(34)14-8-15-27(25)35)31(39)18-9-20-38-28-16-6-12-24-13-7-17-30(32(24)28)43(38,41)42/h3-8,10-17,29H,2,9,18-22H2,1H3,(H,36,40)/t29-/m0/s1. The maximum Gasteiger partial charge on any atom is 0.265 e. The zero-order valence-corrected chi connectivity index (χ0v) is 26.1. The molecule has 43 heavy (non-hydrogen) atoms. The molecule has 0 aromatic heterocycles. The monoisotopic (exact) mass is 637 g/mol. The van der Waals surface area contributed by atoms with E-state index >= 15 is 0 Å². The average Bonchev–Trinajstić information content (AvgIpc) is 3.22. The topological polar surface area (TPSA) is 86.8 Å². The summed E-state index contributed by atoms with van der Waals surface area (Å²) in [5.74, 6) is -0.567. The number of hydrogen-bond donors (Lipinski definition) is 1. The van der Waals surface area contributed by atoms with Crippen molar-refractivity contribution < 1.29 is 18.0 Å². The van der Waals surface area contributed by atoms with E-state index in [1.54, 1.807) is 36.4 Å². The van der Waals surface area contributed by atoms with E-state index < -0.39 is 16.1 Å². The number of amides is 2. The van der Waals surface area contributed by atoms with E-state index in [9.17, 15) is 18.0 Å². The molecular formula is C33H33Cl2N3O4S. The third kappa shape index (κ3) is 6.51. The summed E-state index contributed by atoms with van der Waals surface area (Å²) in [6, 6.07) is 24.6. The molecular weight excluding hydrogens is 605 g/mol. The van der Waals surface area contributed by atoms with Gasteiger partial charge in [-0.15, -0.1) is 0 Å². The third-order valence-electron chi connectivity index (χ3n) is 7.64. The summed E-state index contributed by atoms with van der Waals surface area (Å²) in [7, 11) is -3.75. The number of rotatable bonds is 12. The zero-order valence-electron chi connectivity index (χ0n) is 23.8. The number of nitrogens with one attached hydrogen (secondary N) is 1. The first-order valence-electron chi connectivity index (χ1n) is 14.3. The predicted molar refractivity (Wildman–Crippen MR) is 172 cm³/mol. The summed E-state index contributed by atoms with van der Waals surface area (Å²) < 4.78 is 28.3. The molecule has 0 radical (unpaired) electrons. The van der Waals surface area contributed by atoms with Crippen molar-refractivity contribution in [3.05, 3.63) is 106 Å². The fourth-order valence-electron chi connectivity index (χ4n) is 5.49. The molecule has 0 saturated heterocycles. The molecule has 0 fully saturated rings. The Morgan fingerprint density at radius 1 is 0.907 bits per heavy atom. The van der Waals surface area contributed by atoms with E-state index in [0.717, 1.165) is 17.4 Å². The van der Waals surface area contributed by atoms with Crippen molar-refractivity contribution in [2.45, 2.75) is 50.1 Å². The summed E-state index contributed by atoms with van der Waals surface area (Å²) >= 11 is 13.0. The van der Waals surface area contributed by atoms with E-state index in [2.05, 4.69) is 5.32 Å². The van der Waals surface area contributed by atoms with Crippen LogP contribution in [-0.2, 0) is 32.6 Å². The molecule has 1 aliphatic rings. The van der Waals surface area contributed by atoms with Gasteiger partial charge in [-0.05, 0) is 48.1 Å². The van der Waals surface area contributed by atoms with Gasteiger partial charge in [0.25, 0.3) is 10.0 Å². The van der Waals surface area contributed by atoms with Crippen LogP contribution in [0.4, 0.5) is 5.69 Å². The van der Waals surface area contributed by atoms with E-state index in [-0.39, 0.29) is 42.6 Å². The fraction of sp³-hybridized carbons (Fsp3) is 0.273.